The molecule has 3 N–H and O–H groups in total. The molecule has 1 amide bonds. The lowest BCUT2D eigenvalue weighted by Gasteiger charge is -2.23. The molecule has 0 saturated heterocycles. The summed E-state index contributed by atoms with van der Waals surface area (Å²) in [5, 5.41) is 13.6. The third kappa shape index (κ3) is 6.17. The maximum absolute atomic E-state index is 12.9. The summed E-state index contributed by atoms with van der Waals surface area (Å²) in [7, 11) is 0. The zero-order chi connectivity index (χ0) is 28.1. The third-order valence-corrected chi connectivity index (χ3v) is 6.51. The van der Waals surface area contributed by atoms with Crippen LogP contribution < -0.4 is 11.1 Å². The molecule has 9 heteroatoms. The van der Waals surface area contributed by atoms with Gasteiger partial charge in [0.1, 0.15) is 12.6 Å². The lowest BCUT2D eigenvalue weighted by Crippen LogP contribution is -2.50. The Morgan fingerprint density at radius 2 is 1.70 bits per heavy atom. The first-order valence-electron chi connectivity index (χ1n) is 13.0. The molecule has 0 unspecified atom stereocenters. The summed E-state index contributed by atoms with van der Waals surface area (Å²) >= 11 is 0. The number of hydrogen-bond donors (Lipinski definition) is 2. The molecular formula is C31H31N5O4. The second kappa shape index (κ2) is 11.6. The summed E-state index contributed by atoms with van der Waals surface area (Å²) in [6.45, 7) is 3.91. The number of ether oxygens (including phenoxy) is 2. The van der Waals surface area contributed by atoms with Gasteiger partial charge < -0.3 is 20.5 Å². The van der Waals surface area contributed by atoms with Crippen molar-refractivity contribution in [3.8, 4) is 0 Å². The lowest BCUT2D eigenvalue weighted by molar-refractivity contribution is -0.126. The average Bonchev–Trinajstić information content (AvgIpc) is 3.38. The molecule has 40 heavy (non-hydrogen) atoms. The molecule has 0 bridgehead atoms. The van der Waals surface area contributed by atoms with E-state index in [1.54, 1.807) is 36.6 Å². The van der Waals surface area contributed by atoms with E-state index < -0.39 is 17.6 Å². The van der Waals surface area contributed by atoms with Gasteiger partial charge in [0.25, 0.3) is 0 Å². The van der Waals surface area contributed by atoms with Crippen molar-refractivity contribution in [1.29, 1.82) is 0 Å². The van der Waals surface area contributed by atoms with E-state index >= 15 is 0 Å². The van der Waals surface area contributed by atoms with Crippen LogP contribution in [-0.4, -0.2) is 38.6 Å². The predicted octanol–water partition coefficient (Wildman–Crippen LogP) is 4.35. The van der Waals surface area contributed by atoms with Gasteiger partial charge in [-0.05, 0) is 47.9 Å². The number of esters is 1. The Morgan fingerprint density at radius 3 is 2.50 bits per heavy atom. The van der Waals surface area contributed by atoms with E-state index in [0.717, 1.165) is 21.9 Å². The topological polar surface area (TPSA) is 121 Å². The van der Waals surface area contributed by atoms with E-state index in [1.807, 2.05) is 72.8 Å². The Labute approximate surface area is 231 Å². The van der Waals surface area contributed by atoms with Crippen LogP contribution in [0.5, 0.6) is 0 Å². The average molecular weight is 538 g/mol. The fourth-order valence-electron chi connectivity index (χ4n) is 4.31. The van der Waals surface area contributed by atoms with Crippen LogP contribution in [0.25, 0.3) is 16.4 Å². The second-order valence-electron chi connectivity index (χ2n) is 10.2. The number of carbonyl (C=O) groups is 2. The summed E-state index contributed by atoms with van der Waals surface area (Å²) in [6.07, 6.45) is 1.68. The van der Waals surface area contributed by atoms with E-state index in [1.165, 1.54) is 0 Å². The van der Waals surface area contributed by atoms with Crippen molar-refractivity contribution >= 4 is 28.3 Å². The summed E-state index contributed by atoms with van der Waals surface area (Å²) in [6, 6.07) is 26.2. The van der Waals surface area contributed by atoms with Crippen molar-refractivity contribution in [2.45, 2.75) is 38.6 Å². The predicted molar refractivity (Wildman–Crippen MR) is 151 cm³/mol. The Kier molecular flexibility index (Phi) is 7.86. The van der Waals surface area contributed by atoms with Crippen LogP contribution >= 0.6 is 0 Å². The molecule has 0 fully saturated rings. The largest absolute Gasteiger partial charge is 0.457 e. The summed E-state index contributed by atoms with van der Waals surface area (Å²) in [5.74, 6) is -0.372. The standard InChI is InChI=1S/C31H31N5O4/c1-31(2,32)30(38)33-26(20-39-18-21-9-4-3-5-10-21)28-35-34-27-17-23(15-16-36(27)28)29(37)40-19-24-13-8-12-22-11-6-7-14-25(22)24/h3-17,26H,18-20,32H2,1-2H3,(H,33,38)/t26-/m1/s1. The van der Waals surface area contributed by atoms with Gasteiger partial charge in [-0.2, -0.15) is 0 Å². The van der Waals surface area contributed by atoms with Crippen LogP contribution in [0, 0.1) is 0 Å². The Balaban J connectivity index is 1.32. The molecule has 0 aliphatic rings. The van der Waals surface area contributed by atoms with Gasteiger partial charge in [0.2, 0.25) is 5.91 Å². The number of nitrogens with zero attached hydrogens (tertiary/aromatic N) is 3. The van der Waals surface area contributed by atoms with Crippen molar-refractivity contribution in [3.63, 3.8) is 0 Å². The van der Waals surface area contributed by atoms with Crippen LogP contribution in [0.3, 0.4) is 0 Å². The van der Waals surface area contributed by atoms with Gasteiger partial charge in [-0.25, -0.2) is 4.79 Å². The van der Waals surface area contributed by atoms with Gasteiger partial charge in [0.05, 0.1) is 24.3 Å². The first kappa shape index (κ1) is 27.0. The van der Waals surface area contributed by atoms with Gasteiger partial charge in [0, 0.05) is 6.20 Å². The number of fused-ring (bicyclic) bond motifs is 2. The number of rotatable bonds is 10. The molecule has 5 aromatic rings. The lowest BCUT2D eigenvalue weighted by atomic mass is 10.1. The van der Waals surface area contributed by atoms with Gasteiger partial charge in [0.15, 0.2) is 11.5 Å². The molecule has 0 radical (unpaired) electrons. The third-order valence-electron chi connectivity index (χ3n) is 6.51. The SMILES string of the molecule is CC(C)(N)C(=O)N[C@H](COCc1ccccc1)c1nnc2cc(C(=O)OCc3cccc4ccccc34)ccn12. The molecule has 2 heterocycles. The number of hydrogen-bond acceptors (Lipinski definition) is 7. The van der Waals surface area contributed by atoms with Crippen LogP contribution in [0.1, 0.15) is 47.2 Å². The number of carbonyl (C=O) groups excluding carboxylic acids is 2. The first-order valence-corrected chi connectivity index (χ1v) is 13.0. The number of pyridine rings is 1. The Bertz CT molecular complexity index is 1640. The van der Waals surface area contributed by atoms with E-state index in [4.69, 9.17) is 15.2 Å². The molecular weight excluding hydrogens is 506 g/mol. The highest BCUT2D eigenvalue weighted by molar-refractivity contribution is 5.91. The highest BCUT2D eigenvalue weighted by Crippen LogP contribution is 2.21. The van der Waals surface area contributed by atoms with E-state index in [0.29, 0.717) is 23.6 Å². The van der Waals surface area contributed by atoms with E-state index in [-0.39, 0.29) is 19.1 Å². The maximum Gasteiger partial charge on any atom is 0.338 e. The monoisotopic (exact) mass is 537 g/mol. The van der Waals surface area contributed by atoms with E-state index in [2.05, 4.69) is 15.5 Å². The van der Waals surface area contributed by atoms with Crippen molar-refractivity contribution in [3.05, 3.63) is 114 Å². The van der Waals surface area contributed by atoms with Crippen LogP contribution in [-0.2, 0) is 27.5 Å². The molecule has 0 saturated carbocycles. The number of aromatic nitrogens is 3. The van der Waals surface area contributed by atoms with Crippen LogP contribution in [0.4, 0.5) is 0 Å². The highest BCUT2D eigenvalue weighted by Gasteiger charge is 2.28. The Morgan fingerprint density at radius 1 is 0.950 bits per heavy atom. The zero-order valence-electron chi connectivity index (χ0n) is 22.4. The van der Waals surface area contributed by atoms with Crippen LogP contribution in [0.2, 0.25) is 0 Å². The summed E-state index contributed by atoms with van der Waals surface area (Å²) < 4.78 is 13.3. The number of benzene rings is 3. The number of amides is 1. The second-order valence-corrected chi connectivity index (χ2v) is 10.2. The van der Waals surface area contributed by atoms with Crippen molar-refractivity contribution in [2.24, 2.45) is 5.73 Å². The molecule has 5 rings (SSSR count). The minimum atomic E-state index is -1.10. The van der Waals surface area contributed by atoms with Crippen molar-refractivity contribution in [1.82, 2.24) is 19.9 Å². The fourth-order valence-corrected chi connectivity index (χ4v) is 4.31. The molecule has 9 nitrogen and oxygen atoms in total. The number of nitrogens with two attached hydrogens (primary N) is 1. The quantitative estimate of drug-likeness (QED) is 0.254. The Hall–Kier alpha value is -4.60. The first-order chi connectivity index (χ1) is 19.3. The highest BCUT2D eigenvalue weighted by atomic mass is 16.5. The molecule has 0 spiro atoms. The van der Waals surface area contributed by atoms with Gasteiger partial charge in [-0.1, -0.05) is 72.8 Å². The molecule has 204 valence electrons. The summed E-state index contributed by atoms with van der Waals surface area (Å²) in [4.78, 5) is 25.6. The summed E-state index contributed by atoms with van der Waals surface area (Å²) in [5.41, 5.74) is 7.63. The molecule has 1 atom stereocenters. The smallest absolute Gasteiger partial charge is 0.338 e. The molecule has 3 aromatic carbocycles. The van der Waals surface area contributed by atoms with Crippen molar-refractivity contribution < 1.29 is 19.1 Å². The molecule has 0 aliphatic heterocycles. The van der Waals surface area contributed by atoms with Gasteiger partial charge in [-0.3, -0.25) is 9.20 Å². The molecule has 2 aromatic heterocycles. The van der Waals surface area contributed by atoms with Gasteiger partial charge in [-0.15, -0.1) is 10.2 Å². The fraction of sp³-hybridized carbons (Fsp3) is 0.226. The van der Waals surface area contributed by atoms with Gasteiger partial charge >= 0.3 is 5.97 Å². The minimum Gasteiger partial charge on any atom is -0.457 e. The molecule has 0 aliphatic carbocycles. The number of nitrogens with one attached hydrogen (secondary N) is 1. The minimum absolute atomic E-state index is 0.144. The normalized spacial score (nSPS) is 12.4. The van der Waals surface area contributed by atoms with E-state index in [9.17, 15) is 9.59 Å². The van der Waals surface area contributed by atoms with Crippen molar-refractivity contribution in [2.75, 3.05) is 6.61 Å². The maximum atomic E-state index is 12.9. The zero-order valence-corrected chi connectivity index (χ0v) is 22.4. The van der Waals surface area contributed by atoms with Crippen LogP contribution in [0.15, 0.2) is 91.1 Å².